The van der Waals surface area contributed by atoms with Crippen molar-refractivity contribution in [1.29, 1.82) is 0 Å². The zero-order valence-corrected chi connectivity index (χ0v) is 25.9. The summed E-state index contributed by atoms with van der Waals surface area (Å²) in [6, 6.07) is 15.2. The van der Waals surface area contributed by atoms with Gasteiger partial charge in [-0.1, -0.05) is 67.8 Å². The zero-order chi connectivity index (χ0) is 27.7. The number of carbonyl (C=O) groups is 2. The van der Waals surface area contributed by atoms with E-state index in [4.69, 9.17) is 4.74 Å². The minimum absolute atomic E-state index is 0.0757. The van der Waals surface area contributed by atoms with Gasteiger partial charge in [-0.15, -0.1) is 0 Å². The second kappa shape index (κ2) is 14.4. The maximum absolute atomic E-state index is 11.4. The van der Waals surface area contributed by atoms with Gasteiger partial charge in [-0.3, -0.25) is 0 Å². The molecular formula is C30H38Br2N2O4. The third kappa shape index (κ3) is 8.50. The Bertz CT molecular complexity index is 1080. The molecule has 0 radical (unpaired) electrons. The van der Waals surface area contributed by atoms with Crippen LogP contribution in [0.25, 0.3) is 6.08 Å². The van der Waals surface area contributed by atoms with E-state index in [1.807, 2.05) is 48.5 Å². The van der Waals surface area contributed by atoms with Crippen LogP contribution < -0.4 is 0 Å². The van der Waals surface area contributed by atoms with Crippen LogP contribution in [0.4, 0.5) is 0 Å². The molecule has 0 N–H and O–H groups in total. The fraction of sp³-hybridized carbons (Fsp3) is 0.467. The normalized spacial score (nSPS) is 18.5. The molecule has 2 heterocycles. The number of alkyl halides is 2. The Labute approximate surface area is 243 Å². The first-order valence-electron chi connectivity index (χ1n) is 12.9. The lowest BCUT2D eigenvalue weighted by Crippen LogP contribution is -2.41. The monoisotopic (exact) mass is 648 g/mol. The molecule has 4 rings (SSSR count). The van der Waals surface area contributed by atoms with Crippen LogP contribution in [-0.2, 0) is 9.47 Å². The van der Waals surface area contributed by atoms with E-state index in [1.165, 1.54) is 25.4 Å². The first kappa shape index (κ1) is 30.5. The van der Waals surface area contributed by atoms with Crippen LogP contribution in [0, 0.1) is 0 Å². The third-order valence-electron chi connectivity index (χ3n) is 7.23. The molecule has 1 atom stereocenters. The number of ether oxygens (including phenoxy) is 2. The molecule has 0 bridgehead atoms. The highest BCUT2D eigenvalue weighted by molar-refractivity contribution is 9.12. The molecular weight excluding hydrogens is 612 g/mol. The van der Waals surface area contributed by atoms with E-state index in [2.05, 4.69) is 66.6 Å². The summed E-state index contributed by atoms with van der Waals surface area (Å²) >= 11 is 7.74. The Kier molecular flexibility index (Phi) is 11.6. The minimum atomic E-state index is -0.296. The second-order valence-electron chi connectivity index (χ2n) is 10.0. The Morgan fingerprint density at radius 3 is 1.74 bits per heavy atom. The number of nitrogens with zero attached hydrogens (tertiary/aromatic N) is 2. The number of piperidine rings is 2. The lowest BCUT2D eigenvalue weighted by Gasteiger charge is -2.39. The molecule has 2 aromatic rings. The lowest BCUT2D eigenvalue weighted by atomic mass is 9.89. The van der Waals surface area contributed by atoms with E-state index in [0.717, 1.165) is 57.4 Å². The molecule has 0 amide bonds. The number of benzene rings is 2. The van der Waals surface area contributed by atoms with Gasteiger partial charge in [0, 0.05) is 17.4 Å². The molecule has 0 aliphatic carbocycles. The van der Waals surface area contributed by atoms with Gasteiger partial charge in [0.15, 0.2) is 0 Å². The second-order valence-corrected chi connectivity index (χ2v) is 12.5. The topological polar surface area (TPSA) is 59.1 Å². The highest BCUT2D eigenvalue weighted by atomic mass is 79.9. The van der Waals surface area contributed by atoms with E-state index in [0.29, 0.717) is 11.1 Å². The molecule has 0 spiro atoms. The summed E-state index contributed by atoms with van der Waals surface area (Å²) < 4.78 is 9.47. The van der Waals surface area contributed by atoms with Crippen molar-refractivity contribution >= 4 is 49.9 Å². The maximum atomic E-state index is 11.4. The first-order chi connectivity index (χ1) is 18.1. The van der Waals surface area contributed by atoms with E-state index in [-0.39, 0.29) is 21.1 Å². The highest BCUT2D eigenvalue weighted by Crippen LogP contribution is 2.47. The van der Waals surface area contributed by atoms with Crippen molar-refractivity contribution in [1.82, 2.24) is 9.80 Å². The number of esters is 2. The number of rotatable bonds is 5. The molecule has 2 aliphatic heterocycles. The largest absolute Gasteiger partial charge is 0.465 e. The molecule has 2 fully saturated rings. The van der Waals surface area contributed by atoms with E-state index >= 15 is 0 Å². The Morgan fingerprint density at radius 1 is 0.816 bits per heavy atom. The number of hydrogen-bond acceptors (Lipinski definition) is 6. The SMILES string of the molecule is COC(=O)c1ccc(C(Br)C2(Br)CCN(C)CC2)cc1.COC(=O)c1ccc(C=C2CCN(C)CC2)cc1. The van der Waals surface area contributed by atoms with Gasteiger partial charge in [-0.25, -0.2) is 9.59 Å². The zero-order valence-electron chi connectivity index (χ0n) is 22.7. The van der Waals surface area contributed by atoms with Crippen LogP contribution in [0.5, 0.6) is 0 Å². The van der Waals surface area contributed by atoms with Crippen molar-refractivity contribution in [2.45, 2.75) is 34.8 Å². The maximum Gasteiger partial charge on any atom is 0.337 e. The molecule has 0 aromatic heterocycles. The van der Waals surface area contributed by atoms with Crippen LogP contribution in [-0.4, -0.2) is 80.6 Å². The Morgan fingerprint density at radius 2 is 1.26 bits per heavy atom. The van der Waals surface area contributed by atoms with Crippen LogP contribution >= 0.6 is 31.9 Å². The van der Waals surface area contributed by atoms with Gasteiger partial charge in [0.1, 0.15) is 0 Å². The van der Waals surface area contributed by atoms with Crippen molar-refractivity contribution in [3.63, 3.8) is 0 Å². The van der Waals surface area contributed by atoms with E-state index in [1.54, 1.807) is 0 Å². The number of carbonyl (C=O) groups excluding carboxylic acids is 2. The highest BCUT2D eigenvalue weighted by Gasteiger charge is 2.38. The summed E-state index contributed by atoms with van der Waals surface area (Å²) in [4.78, 5) is 27.7. The van der Waals surface area contributed by atoms with Gasteiger partial charge < -0.3 is 19.3 Å². The van der Waals surface area contributed by atoms with Crippen molar-refractivity contribution < 1.29 is 19.1 Å². The minimum Gasteiger partial charge on any atom is -0.465 e. The van der Waals surface area contributed by atoms with Gasteiger partial charge in [-0.2, -0.15) is 0 Å². The van der Waals surface area contributed by atoms with Crippen LogP contribution in [0.3, 0.4) is 0 Å². The number of methoxy groups -OCH3 is 2. The van der Waals surface area contributed by atoms with Crippen molar-refractivity contribution in [2.75, 3.05) is 54.5 Å². The predicted octanol–water partition coefficient (Wildman–Crippen LogP) is 6.35. The van der Waals surface area contributed by atoms with E-state index < -0.39 is 0 Å². The number of hydrogen-bond donors (Lipinski definition) is 0. The molecule has 2 aliphatic rings. The van der Waals surface area contributed by atoms with Crippen LogP contribution in [0.1, 0.15) is 62.4 Å². The summed E-state index contributed by atoms with van der Waals surface area (Å²) in [7, 11) is 7.11. The van der Waals surface area contributed by atoms with Crippen LogP contribution in [0.15, 0.2) is 54.1 Å². The summed E-state index contributed by atoms with van der Waals surface area (Å²) in [5.74, 6) is -0.580. The molecule has 2 aromatic carbocycles. The Balaban J connectivity index is 0.000000212. The van der Waals surface area contributed by atoms with Crippen molar-refractivity contribution in [3.05, 3.63) is 76.4 Å². The van der Waals surface area contributed by atoms with Gasteiger partial charge in [0.05, 0.1) is 30.2 Å². The van der Waals surface area contributed by atoms with Gasteiger partial charge >= 0.3 is 11.9 Å². The fourth-order valence-electron chi connectivity index (χ4n) is 4.57. The summed E-state index contributed by atoms with van der Waals surface area (Å²) in [6.07, 6.45) is 6.69. The fourth-order valence-corrected chi connectivity index (χ4v) is 5.95. The number of likely N-dealkylation sites (tertiary alicyclic amines) is 2. The van der Waals surface area contributed by atoms with E-state index in [9.17, 15) is 9.59 Å². The predicted molar refractivity (Wildman–Crippen MR) is 160 cm³/mol. The number of halogens is 2. The smallest absolute Gasteiger partial charge is 0.337 e. The van der Waals surface area contributed by atoms with Gasteiger partial charge in [0.2, 0.25) is 0 Å². The molecule has 0 saturated carbocycles. The molecule has 38 heavy (non-hydrogen) atoms. The molecule has 2 saturated heterocycles. The molecule has 1 unspecified atom stereocenters. The lowest BCUT2D eigenvalue weighted by molar-refractivity contribution is 0.0592. The quantitative estimate of drug-likeness (QED) is 0.278. The summed E-state index contributed by atoms with van der Waals surface area (Å²) in [5, 5.41) is 0. The average Bonchev–Trinajstić information content (AvgIpc) is 2.95. The first-order valence-corrected chi connectivity index (χ1v) is 14.6. The molecule has 8 heteroatoms. The third-order valence-corrected chi connectivity index (χ3v) is 10.5. The molecule has 206 valence electrons. The average molecular weight is 650 g/mol. The van der Waals surface area contributed by atoms with Gasteiger partial charge in [-0.05, 0) is 88.3 Å². The van der Waals surface area contributed by atoms with Gasteiger partial charge in [0.25, 0.3) is 0 Å². The molecule has 6 nitrogen and oxygen atoms in total. The van der Waals surface area contributed by atoms with Crippen LogP contribution in [0.2, 0.25) is 0 Å². The van der Waals surface area contributed by atoms with Crippen molar-refractivity contribution in [2.24, 2.45) is 0 Å². The van der Waals surface area contributed by atoms with Crippen molar-refractivity contribution in [3.8, 4) is 0 Å². The summed E-state index contributed by atoms with van der Waals surface area (Å²) in [5.41, 5.74) is 5.01. The Hall–Kier alpha value is -2.00. The standard InChI is InChI=1S/C15H19Br2NO2.C15H19NO2/c1-18-9-7-15(17,8-10-18)13(16)11-3-5-12(6-4-11)14(19)20-2;1-16-9-7-13(8-10-16)11-12-3-5-14(6-4-12)15(17)18-2/h3-6,13H,7-10H2,1-2H3;3-6,11H,7-10H2,1-2H3. The summed E-state index contributed by atoms with van der Waals surface area (Å²) in [6.45, 7) is 4.44.